The van der Waals surface area contributed by atoms with Crippen molar-refractivity contribution in [3.8, 4) is 5.75 Å². The largest absolute Gasteiger partial charge is 0.490 e. The molecule has 15 heavy (non-hydrogen) atoms. The number of hydrogen-bond acceptors (Lipinski definition) is 3. The van der Waals surface area contributed by atoms with Gasteiger partial charge in [0.05, 0.1) is 12.0 Å². The van der Waals surface area contributed by atoms with Crippen molar-refractivity contribution in [1.82, 2.24) is 0 Å². The molecular weight excluding hydrogens is 194 g/mol. The molecule has 0 heterocycles. The van der Waals surface area contributed by atoms with Crippen LogP contribution < -0.4 is 4.74 Å². The third-order valence-electron chi connectivity index (χ3n) is 2.52. The summed E-state index contributed by atoms with van der Waals surface area (Å²) in [6, 6.07) is 3.33. The molecule has 0 aromatic heterocycles. The van der Waals surface area contributed by atoms with E-state index in [1.165, 1.54) is 7.11 Å². The van der Waals surface area contributed by atoms with Crippen LogP contribution in [0.25, 0.3) is 6.08 Å². The number of hydrogen-bond donors (Lipinski definition) is 0. The van der Waals surface area contributed by atoms with E-state index in [1.807, 2.05) is 12.2 Å². The smallest absolute Gasteiger partial charge is 0.311 e. The van der Waals surface area contributed by atoms with Crippen molar-refractivity contribution >= 4 is 11.8 Å². The van der Waals surface area contributed by atoms with Gasteiger partial charge in [-0.25, -0.2) is 0 Å². The normalized spacial score (nSPS) is 13.4. The SMILES string of the molecule is COc1cc2c(cc1[N+](=O)[O-])C=CCC2. The highest BCUT2D eigenvalue weighted by Gasteiger charge is 2.18. The maximum Gasteiger partial charge on any atom is 0.311 e. The molecule has 1 aliphatic rings. The minimum Gasteiger partial charge on any atom is -0.490 e. The van der Waals surface area contributed by atoms with Gasteiger partial charge >= 0.3 is 5.69 Å². The number of rotatable bonds is 2. The molecule has 0 unspecified atom stereocenters. The highest BCUT2D eigenvalue weighted by Crippen LogP contribution is 2.33. The van der Waals surface area contributed by atoms with Gasteiger partial charge < -0.3 is 4.74 Å². The lowest BCUT2D eigenvalue weighted by Crippen LogP contribution is -1.99. The third-order valence-corrected chi connectivity index (χ3v) is 2.52. The van der Waals surface area contributed by atoms with Crippen LogP contribution in [0.15, 0.2) is 18.2 Å². The van der Waals surface area contributed by atoms with Crippen LogP contribution in [0.1, 0.15) is 17.5 Å². The fourth-order valence-corrected chi connectivity index (χ4v) is 1.75. The van der Waals surface area contributed by atoms with Crippen molar-refractivity contribution in [3.63, 3.8) is 0 Å². The molecule has 78 valence electrons. The number of allylic oxidation sites excluding steroid dienone is 1. The molecule has 1 aliphatic carbocycles. The monoisotopic (exact) mass is 205 g/mol. The molecule has 0 saturated carbocycles. The highest BCUT2D eigenvalue weighted by atomic mass is 16.6. The highest BCUT2D eigenvalue weighted by molar-refractivity contribution is 5.64. The summed E-state index contributed by atoms with van der Waals surface area (Å²) in [6.07, 6.45) is 5.85. The van der Waals surface area contributed by atoms with E-state index >= 15 is 0 Å². The van der Waals surface area contributed by atoms with E-state index in [0.29, 0.717) is 5.75 Å². The number of ether oxygens (including phenoxy) is 1. The van der Waals surface area contributed by atoms with Crippen molar-refractivity contribution < 1.29 is 9.66 Å². The quantitative estimate of drug-likeness (QED) is 0.550. The lowest BCUT2D eigenvalue weighted by atomic mass is 9.96. The third kappa shape index (κ3) is 1.70. The first kappa shape index (κ1) is 9.71. The fraction of sp³-hybridized carbons (Fsp3) is 0.273. The molecule has 0 amide bonds. The molecular formula is C11H11NO3. The molecule has 1 aromatic rings. The Kier molecular flexibility index (Phi) is 2.41. The van der Waals surface area contributed by atoms with E-state index in [2.05, 4.69) is 0 Å². The van der Waals surface area contributed by atoms with Gasteiger partial charge in [0, 0.05) is 6.07 Å². The maximum absolute atomic E-state index is 10.8. The molecule has 0 saturated heterocycles. The Hall–Kier alpha value is -1.84. The van der Waals surface area contributed by atoms with Crippen LogP contribution in [-0.4, -0.2) is 12.0 Å². The zero-order chi connectivity index (χ0) is 10.8. The summed E-state index contributed by atoms with van der Waals surface area (Å²) in [5.74, 6) is 0.342. The van der Waals surface area contributed by atoms with E-state index in [0.717, 1.165) is 24.0 Å². The predicted molar refractivity (Wildman–Crippen MR) is 57.0 cm³/mol. The average molecular weight is 205 g/mol. The molecule has 0 aliphatic heterocycles. The van der Waals surface area contributed by atoms with Gasteiger partial charge in [0.25, 0.3) is 0 Å². The molecule has 0 radical (unpaired) electrons. The summed E-state index contributed by atoms with van der Waals surface area (Å²) in [6.45, 7) is 0. The molecule has 0 N–H and O–H groups in total. The van der Waals surface area contributed by atoms with Gasteiger partial charge in [-0.3, -0.25) is 10.1 Å². The number of nitrogens with zero attached hydrogens (tertiary/aromatic N) is 1. The summed E-state index contributed by atoms with van der Waals surface area (Å²) in [7, 11) is 1.45. The van der Waals surface area contributed by atoms with E-state index < -0.39 is 4.92 Å². The van der Waals surface area contributed by atoms with E-state index in [1.54, 1.807) is 12.1 Å². The summed E-state index contributed by atoms with van der Waals surface area (Å²) in [5, 5.41) is 10.8. The van der Waals surface area contributed by atoms with Gasteiger partial charge in [-0.1, -0.05) is 12.2 Å². The van der Waals surface area contributed by atoms with Gasteiger partial charge in [0.2, 0.25) is 0 Å². The second-order valence-corrected chi connectivity index (χ2v) is 3.42. The summed E-state index contributed by atoms with van der Waals surface area (Å²) in [5.41, 5.74) is 2.07. The zero-order valence-electron chi connectivity index (χ0n) is 8.40. The first-order chi connectivity index (χ1) is 7.22. The van der Waals surface area contributed by atoms with Crippen LogP contribution in [0, 0.1) is 10.1 Å². The molecule has 1 aromatic carbocycles. The standard InChI is InChI=1S/C11H11NO3/c1-15-11-7-9-5-3-2-4-8(9)6-10(11)12(13)14/h2,4,6-7H,3,5H2,1H3. The Bertz CT molecular complexity index is 438. The molecule has 0 atom stereocenters. The minimum absolute atomic E-state index is 0.0304. The molecule has 4 heteroatoms. The van der Waals surface area contributed by atoms with Crippen LogP contribution >= 0.6 is 0 Å². The van der Waals surface area contributed by atoms with Gasteiger partial charge in [0.1, 0.15) is 0 Å². The number of fused-ring (bicyclic) bond motifs is 1. The Morgan fingerprint density at radius 1 is 1.47 bits per heavy atom. The molecule has 4 nitrogen and oxygen atoms in total. The van der Waals surface area contributed by atoms with Crippen molar-refractivity contribution in [2.24, 2.45) is 0 Å². The first-order valence-corrected chi connectivity index (χ1v) is 4.74. The van der Waals surface area contributed by atoms with Gasteiger partial charge in [-0.2, -0.15) is 0 Å². The van der Waals surface area contributed by atoms with E-state index in [-0.39, 0.29) is 5.69 Å². The molecule has 0 bridgehead atoms. The van der Waals surface area contributed by atoms with Crippen molar-refractivity contribution in [3.05, 3.63) is 39.4 Å². The molecule has 2 rings (SSSR count). The van der Waals surface area contributed by atoms with Crippen LogP contribution in [-0.2, 0) is 6.42 Å². The van der Waals surface area contributed by atoms with Crippen LogP contribution in [0.3, 0.4) is 0 Å². The predicted octanol–water partition coefficient (Wildman–Crippen LogP) is 2.56. The van der Waals surface area contributed by atoms with Gasteiger partial charge in [-0.15, -0.1) is 0 Å². The summed E-state index contributed by atoms with van der Waals surface area (Å²) < 4.78 is 5.01. The van der Waals surface area contributed by atoms with Crippen molar-refractivity contribution in [1.29, 1.82) is 0 Å². The summed E-state index contributed by atoms with van der Waals surface area (Å²) >= 11 is 0. The van der Waals surface area contributed by atoms with E-state index in [9.17, 15) is 10.1 Å². The second kappa shape index (κ2) is 3.73. The Labute approximate surface area is 87.3 Å². The van der Waals surface area contributed by atoms with Gasteiger partial charge in [0.15, 0.2) is 5.75 Å². The lowest BCUT2D eigenvalue weighted by molar-refractivity contribution is -0.385. The first-order valence-electron chi connectivity index (χ1n) is 4.74. The molecule has 0 spiro atoms. The van der Waals surface area contributed by atoms with Crippen LogP contribution in [0.4, 0.5) is 5.69 Å². The topological polar surface area (TPSA) is 52.4 Å². The van der Waals surface area contributed by atoms with Crippen LogP contribution in [0.5, 0.6) is 5.75 Å². The minimum atomic E-state index is -0.415. The summed E-state index contributed by atoms with van der Waals surface area (Å²) in [4.78, 5) is 10.4. The number of methoxy groups -OCH3 is 1. The number of nitro benzene ring substituents is 1. The average Bonchev–Trinajstić information content (AvgIpc) is 2.27. The zero-order valence-corrected chi connectivity index (χ0v) is 8.40. The number of aryl methyl sites for hydroxylation is 1. The Morgan fingerprint density at radius 2 is 2.27 bits per heavy atom. The Balaban J connectivity index is 2.57. The van der Waals surface area contributed by atoms with Gasteiger partial charge in [-0.05, 0) is 30.0 Å². The van der Waals surface area contributed by atoms with Crippen molar-refractivity contribution in [2.45, 2.75) is 12.8 Å². The Morgan fingerprint density at radius 3 is 2.93 bits per heavy atom. The number of nitro groups is 1. The van der Waals surface area contributed by atoms with E-state index in [4.69, 9.17) is 4.74 Å². The van der Waals surface area contributed by atoms with Crippen molar-refractivity contribution in [2.75, 3.05) is 7.11 Å². The fourth-order valence-electron chi connectivity index (χ4n) is 1.75. The maximum atomic E-state index is 10.8. The lowest BCUT2D eigenvalue weighted by Gasteiger charge is -2.11. The second-order valence-electron chi connectivity index (χ2n) is 3.42. The molecule has 0 fully saturated rings. The number of benzene rings is 1. The van der Waals surface area contributed by atoms with Crippen LogP contribution in [0.2, 0.25) is 0 Å².